The molecule has 0 bridgehead atoms. The third-order valence-corrected chi connectivity index (χ3v) is 2.08. The third kappa shape index (κ3) is 3.06. The Hall–Kier alpha value is -1.35. The van der Waals surface area contributed by atoms with Gasteiger partial charge in [0.05, 0.1) is 6.10 Å². The van der Waals surface area contributed by atoms with Crippen molar-refractivity contribution in [2.45, 2.75) is 26.1 Å². The molecule has 0 amide bonds. The molecule has 0 aliphatic heterocycles. The summed E-state index contributed by atoms with van der Waals surface area (Å²) in [7, 11) is 0. The quantitative estimate of drug-likeness (QED) is 0.774. The SMILES string of the molecule is C=CC(C)Oc1ccc([C@@H](C)O)cc1F. The van der Waals surface area contributed by atoms with E-state index in [4.69, 9.17) is 4.74 Å². The highest BCUT2D eigenvalue weighted by Gasteiger charge is 2.09. The second kappa shape index (κ2) is 4.94. The second-order valence-electron chi connectivity index (χ2n) is 3.42. The maximum Gasteiger partial charge on any atom is 0.165 e. The summed E-state index contributed by atoms with van der Waals surface area (Å²) in [5.41, 5.74) is 0.533. The highest BCUT2D eigenvalue weighted by atomic mass is 19.1. The Kier molecular flexibility index (Phi) is 3.86. The van der Waals surface area contributed by atoms with Crippen molar-refractivity contribution in [2.24, 2.45) is 0 Å². The van der Waals surface area contributed by atoms with Crippen LogP contribution in [0.2, 0.25) is 0 Å². The summed E-state index contributed by atoms with van der Waals surface area (Å²) >= 11 is 0. The highest BCUT2D eigenvalue weighted by Crippen LogP contribution is 2.22. The Morgan fingerprint density at radius 2 is 2.13 bits per heavy atom. The molecule has 0 aromatic heterocycles. The summed E-state index contributed by atoms with van der Waals surface area (Å²) in [4.78, 5) is 0. The first-order valence-corrected chi connectivity index (χ1v) is 4.81. The van der Waals surface area contributed by atoms with Crippen molar-refractivity contribution in [3.05, 3.63) is 42.2 Å². The molecule has 1 aromatic carbocycles. The Bertz CT molecular complexity index is 347. The molecule has 0 aliphatic carbocycles. The minimum atomic E-state index is -0.676. The predicted molar refractivity (Wildman–Crippen MR) is 57.3 cm³/mol. The van der Waals surface area contributed by atoms with Crippen LogP contribution in [0.4, 0.5) is 4.39 Å². The van der Waals surface area contributed by atoms with Gasteiger partial charge in [0.15, 0.2) is 11.6 Å². The Morgan fingerprint density at radius 1 is 1.47 bits per heavy atom. The average molecular weight is 210 g/mol. The lowest BCUT2D eigenvalue weighted by atomic mass is 10.1. The number of halogens is 1. The van der Waals surface area contributed by atoms with Crippen LogP contribution in [0.25, 0.3) is 0 Å². The molecule has 1 unspecified atom stereocenters. The molecule has 2 nitrogen and oxygen atoms in total. The van der Waals surface area contributed by atoms with Gasteiger partial charge in [-0.15, -0.1) is 0 Å². The van der Waals surface area contributed by atoms with Crippen LogP contribution in [0.1, 0.15) is 25.5 Å². The van der Waals surface area contributed by atoms with Crippen LogP contribution < -0.4 is 4.74 Å². The van der Waals surface area contributed by atoms with E-state index in [0.717, 1.165) is 0 Å². The standard InChI is InChI=1S/C12H15FO2/c1-4-8(2)15-12-6-5-10(9(3)14)7-11(12)13/h4-9,14H,1H2,2-3H3/t8?,9-/m1/s1. The molecule has 1 N–H and O–H groups in total. The molecule has 0 aliphatic rings. The van der Waals surface area contributed by atoms with E-state index in [2.05, 4.69) is 6.58 Å². The number of rotatable bonds is 4. The Morgan fingerprint density at radius 3 is 2.60 bits per heavy atom. The van der Waals surface area contributed by atoms with E-state index in [0.29, 0.717) is 5.56 Å². The second-order valence-corrected chi connectivity index (χ2v) is 3.42. The van der Waals surface area contributed by atoms with Gasteiger partial charge < -0.3 is 9.84 Å². The lowest BCUT2D eigenvalue weighted by Gasteiger charge is -2.12. The molecule has 0 radical (unpaired) electrons. The fourth-order valence-electron chi connectivity index (χ4n) is 1.12. The van der Waals surface area contributed by atoms with Crippen LogP contribution in [0.15, 0.2) is 30.9 Å². The maximum absolute atomic E-state index is 13.4. The first-order valence-electron chi connectivity index (χ1n) is 4.81. The van der Waals surface area contributed by atoms with Gasteiger partial charge in [-0.05, 0) is 31.5 Å². The molecule has 15 heavy (non-hydrogen) atoms. The van der Waals surface area contributed by atoms with Gasteiger partial charge in [-0.1, -0.05) is 18.7 Å². The largest absolute Gasteiger partial charge is 0.484 e. The Balaban J connectivity index is 2.88. The molecular weight excluding hydrogens is 195 g/mol. The Labute approximate surface area is 89.0 Å². The van der Waals surface area contributed by atoms with Crippen LogP contribution in [-0.4, -0.2) is 11.2 Å². The first-order chi connectivity index (χ1) is 7.04. The topological polar surface area (TPSA) is 29.5 Å². The van der Waals surface area contributed by atoms with Crippen molar-refractivity contribution in [1.82, 2.24) is 0 Å². The number of hydrogen-bond acceptors (Lipinski definition) is 2. The van der Waals surface area contributed by atoms with Crippen molar-refractivity contribution in [2.75, 3.05) is 0 Å². The fraction of sp³-hybridized carbons (Fsp3) is 0.333. The number of hydrogen-bond donors (Lipinski definition) is 1. The molecular formula is C12H15FO2. The summed E-state index contributed by atoms with van der Waals surface area (Å²) in [6.07, 6.45) is 0.671. The van der Waals surface area contributed by atoms with Crippen LogP contribution in [0.5, 0.6) is 5.75 Å². The number of aliphatic hydroxyl groups is 1. The molecule has 0 saturated carbocycles. The summed E-state index contributed by atoms with van der Waals surface area (Å²) < 4.78 is 18.7. The lowest BCUT2D eigenvalue weighted by molar-refractivity contribution is 0.198. The van der Waals surface area contributed by atoms with Crippen molar-refractivity contribution in [1.29, 1.82) is 0 Å². The zero-order valence-corrected chi connectivity index (χ0v) is 8.90. The minimum Gasteiger partial charge on any atom is -0.484 e. The van der Waals surface area contributed by atoms with E-state index in [1.54, 1.807) is 26.0 Å². The molecule has 0 spiro atoms. The van der Waals surface area contributed by atoms with Crippen molar-refractivity contribution in [3.8, 4) is 5.75 Å². The summed E-state index contributed by atoms with van der Waals surface area (Å²) in [5, 5.41) is 9.24. The summed E-state index contributed by atoms with van der Waals surface area (Å²) in [6, 6.07) is 4.42. The normalized spacial score (nSPS) is 14.4. The van der Waals surface area contributed by atoms with Crippen LogP contribution in [-0.2, 0) is 0 Å². The average Bonchev–Trinajstić information content (AvgIpc) is 2.20. The number of benzene rings is 1. The van der Waals surface area contributed by atoms with Crippen molar-refractivity contribution >= 4 is 0 Å². The fourth-order valence-corrected chi connectivity index (χ4v) is 1.12. The third-order valence-electron chi connectivity index (χ3n) is 2.08. The van der Waals surface area contributed by atoms with Crippen molar-refractivity contribution < 1.29 is 14.2 Å². The molecule has 0 saturated heterocycles. The van der Waals surface area contributed by atoms with Gasteiger partial charge in [0.25, 0.3) is 0 Å². The minimum absolute atomic E-state index is 0.173. The van der Waals surface area contributed by atoms with Crippen LogP contribution >= 0.6 is 0 Å². The van der Waals surface area contributed by atoms with E-state index >= 15 is 0 Å². The van der Waals surface area contributed by atoms with Gasteiger partial charge in [-0.2, -0.15) is 0 Å². The molecule has 1 aromatic rings. The number of ether oxygens (including phenoxy) is 1. The zero-order valence-electron chi connectivity index (χ0n) is 8.90. The maximum atomic E-state index is 13.4. The van der Waals surface area contributed by atoms with Crippen LogP contribution in [0, 0.1) is 5.82 Å². The van der Waals surface area contributed by atoms with E-state index in [-0.39, 0.29) is 11.9 Å². The molecule has 82 valence electrons. The lowest BCUT2D eigenvalue weighted by Crippen LogP contribution is -2.08. The monoisotopic (exact) mass is 210 g/mol. The van der Waals surface area contributed by atoms with E-state index in [1.165, 1.54) is 12.1 Å². The first kappa shape index (κ1) is 11.7. The highest BCUT2D eigenvalue weighted by molar-refractivity contribution is 5.30. The molecule has 2 atom stereocenters. The van der Waals surface area contributed by atoms with Gasteiger partial charge in [0.2, 0.25) is 0 Å². The van der Waals surface area contributed by atoms with Crippen LogP contribution in [0.3, 0.4) is 0 Å². The summed E-state index contributed by atoms with van der Waals surface area (Å²) in [5.74, 6) is -0.297. The van der Waals surface area contributed by atoms with E-state index in [1.807, 2.05) is 0 Å². The van der Waals surface area contributed by atoms with Gasteiger partial charge in [-0.3, -0.25) is 0 Å². The summed E-state index contributed by atoms with van der Waals surface area (Å²) in [6.45, 7) is 6.90. The molecule has 0 fully saturated rings. The van der Waals surface area contributed by atoms with E-state index < -0.39 is 11.9 Å². The molecule has 3 heteroatoms. The molecule has 1 rings (SSSR count). The van der Waals surface area contributed by atoms with Gasteiger partial charge in [0.1, 0.15) is 6.10 Å². The predicted octanol–water partition coefficient (Wildman–Crippen LogP) is 2.83. The molecule has 0 heterocycles. The van der Waals surface area contributed by atoms with E-state index in [9.17, 15) is 9.50 Å². The zero-order chi connectivity index (χ0) is 11.4. The van der Waals surface area contributed by atoms with Gasteiger partial charge in [0, 0.05) is 0 Å². The number of aliphatic hydroxyl groups excluding tert-OH is 1. The smallest absolute Gasteiger partial charge is 0.165 e. The van der Waals surface area contributed by atoms with Gasteiger partial charge >= 0.3 is 0 Å². The van der Waals surface area contributed by atoms with Gasteiger partial charge in [-0.25, -0.2) is 4.39 Å². The van der Waals surface area contributed by atoms with Crippen molar-refractivity contribution in [3.63, 3.8) is 0 Å².